The lowest BCUT2D eigenvalue weighted by atomic mass is 10.00. The van der Waals surface area contributed by atoms with Gasteiger partial charge in [0.2, 0.25) is 22.1 Å². The number of tetrazole rings is 2. The topological polar surface area (TPSA) is 193 Å². The summed E-state index contributed by atoms with van der Waals surface area (Å²) in [7, 11) is 3.35. The normalized spacial score (nSPS) is 10.5. The Morgan fingerprint density at radius 3 is 1.59 bits per heavy atom. The lowest BCUT2D eigenvalue weighted by Gasteiger charge is -2.11. The van der Waals surface area contributed by atoms with E-state index in [0.717, 1.165) is 11.1 Å². The van der Waals surface area contributed by atoms with Gasteiger partial charge in [0.15, 0.2) is 0 Å². The molecule has 2 heterocycles. The van der Waals surface area contributed by atoms with E-state index in [1.54, 1.807) is 50.5 Å². The van der Waals surface area contributed by atoms with Crippen LogP contribution in [-0.4, -0.2) is 63.7 Å². The molecule has 14 nitrogen and oxygen atoms in total. The molecule has 2 aromatic heterocycles. The Hall–Kier alpha value is -4.80. The summed E-state index contributed by atoms with van der Waals surface area (Å²) in [5.74, 6) is -0.432. The van der Waals surface area contributed by atoms with E-state index in [9.17, 15) is 20.1 Å². The molecule has 0 saturated carbocycles. The highest BCUT2D eigenvalue weighted by atomic mass is 32.2. The van der Waals surface area contributed by atoms with Crippen LogP contribution in [0.2, 0.25) is 0 Å². The van der Waals surface area contributed by atoms with Gasteiger partial charge in [0.25, 0.3) is 0 Å². The Kier molecular flexibility index (Phi) is 8.82. The second kappa shape index (κ2) is 12.6. The Balaban J connectivity index is 1.37. The van der Waals surface area contributed by atoms with Crippen LogP contribution in [0.4, 0.5) is 11.4 Å². The highest BCUT2D eigenvalue weighted by Gasteiger charge is 2.13. The maximum atomic E-state index is 12.4. The average Bonchev–Trinajstić information content (AvgIpc) is 3.54. The zero-order valence-corrected chi connectivity index (χ0v) is 22.3. The van der Waals surface area contributed by atoms with Crippen LogP contribution in [0.3, 0.4) is 0 Å². The number of hydrogen-bond acceptors (Lipinski definition) is 12. The van der Waals surface area contributed by atoms with Crippen molar-refractivity contribution in [2.75, 3.05) is 22.1 Å². The highest BCUT2D eigenvalue weighted by Crippen LogP contribution is 2.23. The molecule has 2 N–H and O–H groups in total. The van der Waals surface area contributed by atoms with Crippen LogP contribution in [0.25, 0.3) is 0 Å². The Morgan fingerprint density at radius 1 is 0.795 bits per heavy atom. The van der Waals surface area contributed by atoms with Crippen LogP contribution in [0.1, 0.15) is 22.3 Å². The van der Waals surface area contributed by atoms with E-state index in [1.807, 2.05) is 0 Å². The van der Waals surface area contributed by atoms with E-state index >= 15 is 0 Å². The van der Waals surface area contributed by atoms with Gasteiger partial charge >= 0.3 is 0 Å². The van der Waals surface area contributed by atoms with E-state index in [2.05, 4.69) is 53.8 Å². The first kappa shape index (κ1) is 27.2. The second-order valence-electron chi connectivity index (χ2n) is 8.00. The molecule has 2 amide bonds. The average molecular weight is 561 g/mol. The lowest BCUT2D eigenvalue weighted by Crippen LogP contribution is -2.15. The lowest BCUT2D eigenvalue weighted by molar-refractivity contribution is -0.114. The van der Waals surface area contributed by atoms with Crippen LogP contribution in [0.15, 0.2) is 46.7 Å². The monoisotopic (exact) mass is 560 g/mol. The third-order valence-electron chi connectivity index (χ3n) is 5.19. The molecule has 196 valence electrons. The van der Waals surface area contributed by atoms with E-state index in [-0.39, 0.29) is 23.3 Å². The quantitative estimate of drug-likeness (QED) is 0.266. The smallest absolute Gasteiger partial charge is 0.234 e. The summed E-state index contributed by atoms with van der Waals surface area (Å²) in [6, 6.07) is 14.5. The number of nitrogens with zero attached hydrogens (tertiary/aromatic N) is 10. The fourth-order valence-electron chi connectivity index (χ4n) is 3.36. The predicted octanol–water partition coefficient (Wildman–Crippen LogP) is 1.53. The minimum Gasteiger partial charge on any atom is -0.324 e. The molecule has 16 heteroatoms. The van der Waals surface area contributed by atoms with Crippen molar-refractivity contribution in [2.24, 2.45) is 14.1 Å². The molecule has 0 fully saturated rings. The van der Waals surface area contributed by atoms with E-state index < -0.39 is 0 Å². The number of aryl methyl sites for hydroxylation is 2. The van der Waals surface area contributed by atoms with Gasteiger partial charge in [-0.15, -0.1) is 10.2 Å². The van der Waals surface area contributed by atoms with Gasteiger partial charge in [0, 0.05) is 14.1 Å². The number of benzene rings is 2. The third kappa shape index (κ3) is 7.16. The van der Waals surface area contributed by atoms with Crippen LogP contribution in [-0.2, 0) is 30.1 Å². The van der Waals surface area contributed by atoms with Crippen molar-refractivity contribution in [3.05, 3.63) is 58.7 Å². The molecule has 0 unspecified atom stereocenters. The summed E-state index contributed by atoms with van der Waals surface area (Å²) in [6.45, 7) is 0. The summed E-state index contributed by atoms with van der Waals surface area (Å²) in [5, 5.41) is 47.9. The zero-order chi connectivity index (χ0) is 27.8. The Bertz CT molecular complexity index is 1480. The molecule has 0 atom stereocenters. The van der Waals surface area contributed by atoms with Gasteiger partial charge in [-0.2, -0.15) is 10.5 Å². The SMILES string of the molecule is Cn1nnnc1SCC(=O)Nc1ccc(Cc2ccc(NC(=O)CSc3nnnn3C)c(C#N)c2)cc1C#N. The van der Waals surface area contributed by atoms with Crippen molar-refractivity contribution >= 4 is 46.7 Å². The Labute approximate surface area is 230 Å². The molecule has 4 rings (SSSR count). The Morgan fingerprint density at radius 2 is 1.23 bits per heavy atom. The number of nitrogens with one attached hydrogen (secondary N) is 2. The van der Waals surface area contributed by atoms with Gasteiger partial charge in [0.05, 0.1) is 34.0 Å². The number of nitriles is 2. The van der Waals surface area contributed by atoms with E-state index in [1.165, 1.54) is 32.9 Å². The summed E-state index contributed by atoms with van der Waals surface area (Å²) in [4.78, 5) is 24.7. The van der Waals surface area contributed by atoms with Crippen molar-refractivity contribution in [2.45, 2.75) is 16.7 Å². The standard InChI is InChI=1S/C23H20N12O2S2/c1-34-22(28-30-32-34)38-12-20(36)26-18-5-3-14(8-16(18)10-24)7-15-4-6-19(17(9-15)11-25)27-21(37)13-39-23-29-31-33-35(23)2/h3-6,8-9H,7,12-13H2,1-2H3,(H,26,36)(H,27,37). The molecule has 0 radical (unpaired) electrons. The minimum atomic E-state index is -0.296. The van der Waals surface area contributed by atoms with Gasteiger partial charge in [0.1, 0.15) is 12.1 Å². The van der Waals surface area contributed by atoms with E-state index in [4.69, 9.17) is 0 Å². The number of rotatable bonds is 10. The molecule has 2 aromatic carbocycles. The maximum absolute atomic E-state index is 12.4. The van der Waals surface area contributed by atoms with Crippen LogP contribution < -0.4 is 10.6 Å². The van der Waals surface area contributed by atoms with Gasteiger partial charge in [-0.05, 0) is 62.7 Å². The number of hydrogen-bond donors (Lipinski definition) is 2. The number of anilines is 2. The fourth-order valence-corrected chi connectivity index (χ4v) is 4.66. The molecular formula is C23H20N12O2S2. The molecule has 0 aliphatic carbocycles. The van der Waals surface area contributed by atoms with Crippen molar-refractivity contribution in [3.8, 4) is 12.1 Å². The zero-order valence-electron chi connectivity index (χ0n) is 20.7. The number of carbonyl (C=O) groups is 2. The largest absolute Gasteiger partial charge is 0.324 e. The van der Waals surface area contributed by atoms with Gasteiger partial charge in [-0.3, -0.25) is 9.59 Å². The second-order valence-corrected chi connectivity index (χ2v) is 9.89. The fraction of sp³-hybridized carbons (Fsp3) is 0.217. The minimum absolute atomic E-state index is 0.0801. The first-order chi connectivity index (χ1) is 18.9. The van der Waals surface area contributed by atoms with Gasteiger partial charge in [-0.25, -0.2) is 9.36 Å². The summed E-state index contributed by atoms with van der Waals surface area (Å²) in [5.41, 5.74) is 3.05. The molecule has 39 heavy (non-hydrogen) atoms. The van der Waals surface area contributed by atoms with Gasteiger partial charge in [-0.1, -0.05) is 35.7 Å². The van der Waals surface area contributed by atoms with Crippen LogP contribution in [0, 0.1) is 22.7 Å². The number of carbonyl (C=O) groups excluding carboxylic acids is 2. The number of thioether (sulfide) groups is 2. The number of amides is 2. The number of aromatic nitrogens is 8. The van der Waals surface area contributed by atoms with Crippen molar-refractivity contribution in [1.29, 1.82) is 10.5 Å². The van der Waals surface area contributed by atoms with Gasteiger partial charge < -0.3 is 10.6 Å². The predicted molar refractivity (Wildman–Crippen MR) is 141 cm³/mol. The molecule has 4 aromatic rings. The van der Waals surface area contributed by atoms with Crippen molar-refractivity contribution in [3.63, 3.8) is 0 Å². The first-order valence-electron chi connectivity index (χ1n) is 11.2. The molecular weight excluding hydrogens is 540 g/mol. The van der Waals surface area contributed by atoms with Crippen molar-refractivity contribution < 1.29 is 9.59 Å². The summed E-state index contributed by atoms with van der Waals surface area (Å²) < 4.78 is 2.93. The highest BCUT2D eigenvalue weighted by molar-refractivity contribution is 8.00. The molecule has 0 spiro atoms. The third-order valence-corrected chi connectivity index (χ3v) is 7.21. The molecule has 0 aliphatic heterocycles. The van der Waals surface area contributed by atoms with Crippen LogP contribution >= 0.6 is 23.5 Å². The first-order valence-corrected chi connectivity index (χ1v) is 13.2. The maximum Gasteiger partial charge on any atom is 0.234 e. The summed E-state index contributed by atoms with van der Waals surface area (Å²) >= 11 is 2.36. The van der Waals surface area contributed by atoms with Crippen molar-refractivity contribution in [1.82, 2.24) is 40.4 Å². The molecule has 0 aliphatic rings. The summed E-state index contributed by atoms with van der Waals surface area (Å²) in [6.07, 6.45) is 0.440. The molecule has 0 saturated heterocycles. The van der Waals surface area contributed by atoms with E-state index in [0.29, 0.717) is 39.2 Å². The van der Waals surface area contributed by atoms with Crippen LogP contribution in [0.5, 0.6) is 0 Å². The molecule has 0 bridgehead atoms.